The molecule has 7 heteroatoms. The zero-order chi connectivity index (χ0) is 18.6. The molecule has 1 aromatic carbocycles. The second-order valence-electron chi connectivity index (χ2n) is 7.11. The maximum absolute atomic E-state index is 5.38. The maximum atomic E-state index is 5.38. The predicted octanol–water partition coefficient (Wildman–Crippen LogP) is 3.29. The van der Waals surface area contributed by atoms with Gasteiger partial charge in [-0.05, 0) is 42.6 Å². The highest BCUT2D eigenvalue weighted by atomic mass is 32.1. The molecule has 6 nitrogen and oxygen atoms in total. The molecule has 0 radical (unpaired) electrons. The molecule has 0 amide bonds. The Morgan fingerprint density at radius 3 is 2.30 bits per heavy atom. The van der Waals surface area contributed by atoms with Crippen molar-refractivity contribution in [1.82, 2.24) is 15.3 Å². The Labute approximate surface area is 166 Å². The summed E-state index contributed by atoms with van der Waals surface area (Å²) in [5.41, 5.74) is 2.74. The van der Waals surface area contributed by atoms with E-state index in [1.165, 1.54) is 24.0 Å². The molecule has 2 aromatic rings. The Morgan fingerprint density at radius 2 is 1.67 bits per heavy atom. The van der Waals surface area contributed by atoms with E-state index in [2.05, 4.69) is 57.7 Å². The molecule has 3 heterocycles. The highest BCUT2D eigenvalue weighted by molar-refractivity contribution is 7.80. The summed E-state index contributed by atoms with van der Waals surface area (Å²) >= 11 is 5.38. The van der Waals surface area contributed by atoms with E-state index >= 15 is 0 Å². The van der Waals surface area contributed by atoms with Crippen molar-refractivity contribution in [3.63, 3.8) is 0 Å². The van der Waals surface area contributed by atoms with E-state index in [1.807, 2.05) is 0 Å². The summed E-state index contributed by atoms with van der Waals surface area (Å²) in [4.78, 5) is 14.1. The van der Waals surface area contributed by atoms with Crippen LogP contribution in [0.4, 0.5) is 17.6 Å². The van der Waals surface area contributed by atoms with Crippen molar-refractivity contribution in [3.05, 3.63) is 41.5 Å². The molecule has 2 N–H and O–H groups in total. The first kappa shape index (κ1) is 18.0. The Hall–Kier alpha value is -2.41. The lowest BCUT2D eigenvalue weighted by Gasteiger charge is -2.22. The van der Waals surface area contributed by atoms with Gasteiger partial charge in [-0.25, -0.2) is 0 Å². The third kappa shape index (κ3) is 4.13. The number of hydrogen-bond acceptors (Lipinski definition) is 5. The first-order chi connectivity index (χ1) is 13.2. The zero-order valence-corrected chi connectivity index (χ0v) is 16.6. The second-order valence-corrected chi connectivity index (χ2v) is 7.52. The third-order valence-corrected chi connectivity index (χ3v) is 5.30. The van der Waals surface area contributed by atoms with Gasteiger partial charge in [0.1, 0.15) is 11.6 Å². The van der Waals surface area contributed by atoms with Gasteiger partial charge in [-0.3, -0.25) is 0 Å². The van der Waals surface area contributed by atoms with Crippen LogP contribution in [0.15, 0.2) is 30.3 Å². The highest BCUT2D eigenvalue weighted by Gasteiger charge is 2.23. The van der Waals surface area contributed by atoms with Crippen LogP contribution in [0.5, 0.6) is 0 Å². The average molecular weight is 383 g/mol. The number of hydrogen-bond donors (Lipinski definition) is 2. The fourth-order valence-electron chi connectivity index (χ4n) is 3.63. The van der Waals surface area contributed by atoms with E-state index < -0.39 is 0 Å². The van der Waals surface area contributed by atoms with E-state index in [0.29, 0.717) is 11.1 Å². The summed E-state index contributed by atoms with van der Waals surface area (Å²) in [6.45, 7) is 6.81. The lowest BCUT2D eigenvalue weighted by atomic mass is 10.1. The molecule has 27 heavy (non-hydrogen) atoms. The standard InChI is InChI=1S/C20H26N6S/c1-2-9-21-20(27)24-19-22-17(25-10-5-6-11-25)12-18(23-19)26-13-15-7-3-4-8-16(15)14-26/h3-4,7-8,12H,2,5-6,9-11,13-14H2,1H3,(H2,21,22,23,24,27). The van der Waals surface area contributed by atoms with Crippen LogP contribution in [0.1, 0.15) is 37.3 Å². The summed E-state index contributed by atoms with van der Waals surface area (Å²) in [5, 5.41) is 6.93. The van der Waals surface area contributed by atoms with Gasteiger partial charge in [0.25, 0.3) is 0 Å². The van der Waals surface area contributed by atoms with Crippen LogP contribution in [0.3, 0.4) is 0 Å². The molecule has 2 aliphatic rings. The molecule has 1 aromatic heterocycles. The van der Waals surface area contributed by atoms with Crippen molar-refractivity contribution in [1.29, 1.82) is 0 Å². The van der Waals surface area contributed by atoms with Crippen molar-refractivity contribution in [2.45, 2.75) is 39.3 Å². The molecule has 1 fully saturated rings. The molecule has 0 bridgehead atoms. The van der Waals surface area contributed by atoms with Crippen LogP contribution in [-0.4, -0.2) is 34.7 Å². The molecule has 142 valence electrons. The Morgan fingerprint density at radius 1 is 1.04 bits per heavy atom. The predicted molar refractivity (Wildman–Crippen MR) is 114 cm³/mol. The molecule has 0 atom stereocenters. The molecular formula is C20H26N6S. The fraction of sp³-hybridized carbons (Fsp3) is 0.450. The van der Waals surface area contributed by atoms with Crippen molar-refractivity contribution in [3.8, 4) is 0 Å². The van der Waals surface area contributed by atoms with E-state index in [0.717, 1.165) is 50.8 Å². The number of rotatable bonds is 5. The SMILES string of the molecule is CCCNC(=S)Nc1nc(N2CCCC2)cc(N2Cc3ccccc3C2)n1. The van der Waals surface area contributed by atoms with Gasteiger partial charge in [-0.2, -0.15) is 9.97 Å². The van der Waals surface area contributed by atoms with Crippen LogP contribution in [0, 0.1) is 0 Å². The van der Waals surface area contributed by atoms with Crippen LogP contribution in [-0.2, 0) is 13.1 Å². The van der Waals surface area contributed by atoms with Gasteiger partial charge >= 0.3 is 0 Å². The number of fused-ring (bicyclic) bond motifs is 1. The first-order valence-electron chi connectivity index (χ1n) is 9.73. The quantitative estimate of drug-likeness (QED) is 0.770. The average Bonchev–Trinajstić information content (AvgIpc) is 3.35. The monoisotopic (exact) mass is 382 g/mol. The Balaban J connectivity index is 1.59. The summed E-state index contributed by atoms with van der Waals surface area (Å²) in [7, 11) is 0. The van der Waals surface area contributed by atoms with Gasteiger partial charge in [0.15, 0.2) is 5.11 Å². The summed E-state index contributed by atoms with van der Waals surface area (Å²) in [6.07, 6.45) is 3.45. The number of thiocarbonyl (C=S) groups is 1. The number of aromatic nitrogens is 2. The summed E-state index contributed by atoms with van der Waals surface area (Å²) in [6, 6.07) is 10.7. The first-order valence-corrected chi connectivity index (χ1v) is 10.1. The number of nitrogens with zero attached hydrogens (tertiary/aromatic N) is 4. The summed E-state index contributed by atoms with van der Waals surface area (Å²) in [5.74, 6) is 2.50. The van der Waals surface area contributed by atoms with Gasteiger partial charge in [0.05, 0.1) is 0 Å². The van der Waals surface area contributed by atoms with Crippen LogP contribution in [0.2, 0.25) is 0 Å². The molecule has 0 unspecified atom stereocenters. The van der Waals surface area contributed by atoms with Crippen molar-refractivity contribution in [2.75, 3.05) is 34.8 Å². The van der Waals surface area contributed by atoms with Gasteiger partial charge < -0.3 is 20.4 Å². The highest BCUT2D eigenvalue weighted by Crippen LogP contribution is 2.30. The molecule has 0 saturated carbocycles. The second kappa shape index (κ2) is 8.08. The molecule has 2 aliphatic heterocycles. The lowest BCUT2D eigenvalue weighted by molar-refractivity contribution is 0.838. The van der Waals surface area contributed by atoms with Gasteiger partial charge in [-0.1, -0.05) is 31.2 Å². The largest absolute Gasteiger partial charge is 0.362 e. The maximum Gasteiger partial charge on any atom is 0.232 e. The van der Waals surface area contributed by atoms with Crippen molar-refractivity contribution >= 4 is 34.9 Å². The number of benzene rings is 1. The number of anilines is 3. The molecule has 1 saturated heterocycles. The van der Waals surface area contributed by atoms with Crippen molar-refractivity contribution in [2.24, 2.45) is 0 Å². The minimum absolute atomic E-state index is 0.568. The molecule has 4 rings (SSSR count). The Bertz CT molecular complexity index is 793. The smallest absolute Gasteiger partial charge is 0.232 e. The molecular weight excluding hydrogens is 356 g/mol. The topological polar surface area (TPSA) is 56.3 Å². The van der Waals surface area contributed by atoms with Crippen LogP contribution < -0.4 is 20.4 Å². The van der Waals surface area contributed by atoms with E-state index in [-0.39, 0.29) is 0 Å². The zero-order valence-electron chi connectivity index (χ0n) is 15.7. The minimum Gasteiger partial charge on any atom is -0.362 e. The fourth-order valence-corrected chi connectivity index (χ4v) is 3.82. The Kier molecular flexibility index (Phi) is 5.38. The lowest BCUT2D eigenvalue weighted by Crippen LogP contribution is -2.30. The van der Waals surface area contributed by atoms with Crippen LogP contribution in [0.25, 0.3) is 0 Å². The summed E-state index contributed by atoms with van der Waals surface area (Å²) < 4.78 is 0. The molecule has 0 aliphatic carbocycles. The molecule has 0 spiro atoms. The third-order valence-electron chi connectivity index (χ3n) is 5.05. The van der Waals surface area contributed by atoms with Gasteiger partial charge in [0.2, 0.25) is 5.95 Å². The van der Waals surface area contributed by atoms with E-state index in [9.17, 15) is 0 Å². The van der Waals surface area contributed by atoms with E-state index in [4.69, 9.17) is 22.2 Å². The van der Waals surface area contributed by atoms with Gasteiger partial charge in [-0.15, -0.1) is 0 Å². The normalized spacial score (nSPS) is 15.7. The van der Waals surface area contributed by atoms with E-state index in [1.54, 1.807) is 0 Å². The number of nitrogens with one attached hydrogen (secondary N) is 2. The van der Waals surface area contributed by atoms with Crippen LogP contribution >= 0.6 is 12.2 Å². The van der Waals surface area contributed by atoms with Crippen molar-refractivity contribution < 1.29 is 0 Å². The minimum atomic E-state index is 0.568. The van der Waals surface area contributed by atoms with Gasteiger partial charge in [0, 0.05) is 38.8 Å².